The molecule has 0 aliphatic carbocycles. The highest BCUT2D eigenvalue weighted by Crippen LogP contribution is 2.17. The van der Waals surface area contributed by atoms with E-state index in [1.807, 2.05) is 5.32 Å². The molecule has 0 saturated heterocycles. The van der Waals surface area contributed by atoms with Gasteiger partial charge in [0.15, 0.2) is 11.5 Å². The molecule has 12 heteroatoms. The predicted octanol–water partition coefficient (Wildman–Crippen LogP) is 0.840. The largest absolute Gasteiger partial charge is 0.512 e. The van der Waals surface area contributed by atoms with Crippen LogP contribution in [-0.4, -0.2) is 49.6 Å². The van der Waals surface area contributed by atoms with E-state index in [1.165, 1.54) is 19.6 Å². The van der Waals surface area contributed by atoms with Crippen molar-refractivity contribution in [3.63, 3.8) is 0 Å². The number of nitrogens with zero attached hydrogens (tertiary/aromatic N) is 7. The zero-order valence-electron chi connectivity index (χ0n) is 12.3. The van der Waals surface area contributed by atoms with E-state index in [0.29, 0.717) is 11.2 Å². The number of carbonyl (C=O) groups excluding carboxylic acids is 2. The quantitative estimate of drug-likeness (QED) is 0.182. The average molecular weight is 329 g/mol. The summed E-state index contributed by atoms with van der Waals surface area (Å²) >= 11 is 0. The molecule has 0 unspecified atom stereocenters. The molecule has 0 atom stereocenters. The number of aromatic nitrogens is 4. The molecule has 0 bridgehead atoms. The molecule has 3 N–H and O–H groups in total. The summed E-state index contributed by atoms with van der Waals surface area (Å²) < 4.78 is 0. The van der Waals surface area contributed by atoms with Crippen molar-refractivity contribution >= 4 is 35.0 Å². The van der Waals surface area contributed by atoms with E-state index in [-0.39, 0.29) is 17.2 Å². The summed E-state index contributed by atoms with van der Waals surface area (Å²) in [7, 11) is 0. The van der Waals surface area contributed by atoms with E-state index in [4.69, 9.17) is 5.53 Å². The zero-order chi connectivity index (χ0) is 17.5. The lowest BCUT2D eigenvalue weighted by molar-refractivity contribution is -0.127. The molecule has 0 aliphatic rings. The predicted molar refractivity (Wildman–Crippen MR) is 82.3 cm³/mol. The molecule has 2 aromatic rings. The Hall–Kier alpha value is -3.79. The lowest BCUT2D eigenvalue weighted by Gasteiger charge is -2.04. The lowest BCUT2D eigenvalue weighted by atomic mass is 10.2. The molecule has 122 valence electrons. The Morgan fingerprint density at radius 1 is 1.46 bits per heavy atom. The molecular weight excluding hydrogens is 318 g/mol. The Kier molecular flexibility index (Phi) is 5.16. The van der Waals surface area contributed by atoms with E-state index >= 15 is 0 Å². The van der Waals surface area contributed by atoms with Gasteiger partial charge in [-0.3, -0.25) is 14.9 Å². The van der Waals surface area contributed by atoms with Crippen molar-refractivity contribution in [1.29, 1.82) is 0 Å². The maximum Gasteiger partial charge on any atom is 0.262 e. The van der Waals surface area contributed by atoms with Crippen LogP contribution in [-0.2, 0) is 9.59 Å². The molecule has 0 aromatic carbocycles. The fourth-order valence-corrected chi connectivity index (χ4v) is 1.62. The molecule has 0 spiro atoms. The number of carbonyl (C=O) groups is 2. The van der Waals surface area contributed by atoms with Gasteiger partial charge < -0.3 is 10.1 Å². The highest BCUT2D eigenvalue weighted by molar-refractivity contribution is 6.17. The van der Waals surface area contributed by atoms with Crippen LogP contribution in [0.1, 0.15) is 6.92 Å². The number of aromatic amines is 1. The minimum Gasteiger partial charge on any atom is -0.512 e. The molecule has 2 amide bonds. The third-order valence-electron chi connectivity index (χ3n) is 2.68. The zero-order valence-corrected chi connectivity index (χ0v) is 12.3. The molecule has 2 rings (SSSR count). The number of hydrogen-bond acceptors (Lipinski definition) is 8. The van der Waals surface area contributed by atoms with Crippen LogP contribution in [0.15, 0.2) is 34.1 Å². The Bertz CT molecular complexity index is 888. The second-order valence-corrected chi connectivity index (χ2v) is 4.32. The Morgan fingerprint density at radius 2 is 2.25 bits per heavy atom. The van der Waals surface area contributed by atoms with Gasteiger partial charge in [0.05, 0.1) is 11.9 Å². The first-order valence-corrected chi connectivity index (χ1v) is 6.46. The third kappa shape index (κ3) is 3.90. The number of H-pyrrole nitrogens is 1. The van der Waals surface area contributed by atoms with Gasteiger partial charge in [-0.15, -0.1) is 0 Å². The summed E-state index contributed by atoms with van der Waals surface area (Å²) in [5, 5.41) is 14.6. The standard InChI is InChI=1S/C12H11N9O3/c1-6(22)7(12(24)20-8(23)3-19-21-13)2-14-10-9-11(16-4-15-9)18-5-17-10/h2,4-5,22H,3H2,1H3,(H,20,23,24)(H,15,16,17,18)/b7-6+,14-2?. The van der Waals surface area contributed by atoms with Crippen LogP contribution >= 0.6 is 0 Å². The lowest BCUT2D eigenvalue weighted by Crippen LogP contribution is -2.34. The number of fused-ring (bicyclic) bond motifs is 1. The van der Waals surface area contributed by atoms with Crippen LogP contribution in [0, 0.1) is 0 Å². The number of aliphatic hydroxyl groups excluding tert-OH is 1. The van der Waals surface area contributed by atoms with Gasteiger partial charge in [-0.2, -0.15) is 0 Å². The maximum absolute atomic E-state index is 12.0. The number of aliphatic hydroxyl groups is 1. The van der Waals surface area contributed by atoms with Gasteiger partial charge in [-0.05, 0) is 12.5 Å². The first-order valence-electron chi connectivity index (χ1n) is 6.46. The Balaban J connectivity index is 2.21. The summed E-state index contributed by atoms with van der Waals surface area (Å²) in [6.45, 7) is 0.711. The maximum atomic E-state index is 12.0. The number of allylic oxidation sites excluding steroid dienone is 1. The monoisotopic (exact) mass is 329 g/mol. The van der Waals surface area contributed by atoms with E-state index in [2.05, 4.69) is 35.0 Å². The molecule has 0 aliphatic heterocycles. The molecule has 24 heavy (non-hydrogen) atoms. The highest BCUT2D eigenvalue weighted by atomic mass is 16.3. The number of hydrogen-bond donors (Lipinski definition) is 3. The summed E-state index contributed by atoms with van der Waals surface area (Å²) in [5.74, 6) is -1.87. The molecule has 0 fully saturated rings. The van der Waals surface area contributed by atoms with Gasteiger partial charge in [0.2, 0.25) is 5.91 Å². The van der Waals surface area contributed by atoms with Crippen molar-refractivity contribution in [3.05, 3.63) is 34.4 Å². The number of azide groups is 1. The van der Waals surface area contributed by atoms with Crippen molar-refractivity contribution in [3.8, 4) is 0 Å². The van der Waals surface area contributed by atoms with Crippen LogP contribution in [0.25, 0.3) is 21.6 Å². The topological polar surface area (TPSA) is 182 Å². The van der Waals surface area contributed by atoms with Gasteiger partial charge >= 0.3 is 0 Å². The minimum atomic E-state index is -0.896. The van der Waals surface area contributed by atoms with E-state index < -0.39 is 18.4 Å². The van der Waals surface area contributed by atoms with E-state index in [1.54, 1.807) is 0 Å². The fraction of sp³-hybridized carbons (Fsp3) is 0.167. The first kappa shape index (κ1) is 16.6. The van der Waals surface area contributed by atoms with Gasteiger partial charge in [0.1, 0.15) is 24.1 Å². The number of imide groups is 1. The van der Waals surface area contributed by atoms with Crippen LogP contribution in [0.3, 0.4) is 0 Å². The molecule has 0 saturated carbocycles. The van der Waals surface area contributed by atoms with Gasteiger partial charge in [0, 0.05) is 11.1 Å². The molecule has 2 heterocycles. The average Bonchev–Trinajstić information content (AvgIpc) is 3.02. The number of amides is 2. The smallest absolute Gasteiger partial charge is 0.262 e. The van der Waals surface area contributed by atoms with Gasteiger partial charge in [-0.1, -0.05) is 5.11 Å². The van der Waals surface area contributed by atoms with Crippen molar-refractivity contribution in [2.45, 2.75) is 6.92 Å². The Morgan fingerprint density at radius 3 is 2.96 bits per heavy atom. The van der Waals surface area contributed by atoms with Crippen molar-refractivity contribution in [1.82, 2.24) is 25.3 Å². The van der Waals surface area contributed by atoms with Gasteiger partial charge in [-0.25, -0.2) is 19.9 Å². The molecular formula is C12H11N9O3. The fourth-order valence-electron chi connectivity index (χ4n) is 1.62. The summed E-state index contributed by atoms with van der Waals surface area (Å²) in [6.07, 6.45) is 3.70. The second kappa shape index (κ2) is 7.47. The van der Waals surface area contributed by atoms with Crippen LogP contribution < -0.4 is 5.32 Å². The summed E-state index contributed by atoms with van der Waals surface area (Å²) in [4.78, 5) is 44.3. The first-order chi connectivity index (χ1) is 11.5. The highest BCUT2D eigenvalue weighted by Gasteiger charge is 2.14. The number of imidazole rings is 1. The number of aliphatic imine (C=N–C) groups is 1. The van der Waals surface area contributed by atoms with Crippen molar-refractivity contribution in [2.24, 2.45) is 10.1 Å². The van der Waals surface area contributed by atoms with E-state index in [9.17, 15) is 14.7 Å². The summed E-state index contributed by atoms with van der Waals surface area (Å²) in [6, 6.07) is 0. The van der Waals surface area contributed by atoms with Crippen LogP contribution in [0.2, 0.25) is 0 Å². The normalized spacial score (nSPS) is 11.9. The molecule has 2 aromatic heterocycles. The van der Waals surface area contributed by atoms with Gasteiger partial charge in [0.25, 0.3) is 5.91 Å². The molecule has 12 nitrogen and oxygen atoms in total. The van der Waals surface area contributed by atoms with Crippen LogP contribution in [0.5, 0.6) is 0 Å². The minimum absolute atomic E-state index is 0.199. The second-order valence-electron chi connectivity index (χ2n) is 4.32. The SMILES string of the molecule is C/C(O)=C(/C=Nc1ncnc2nc[nH]c12)C(=O)NC(=O)CN=[N+]=[N-]. The van der Waals surface area contributed by atoms with E-state index in [0.717, 1.165) is 6.21 Å². The molecule has 0 radical (unpaired) electrons. The van der Waals surface area contributed by atoms with Crippen molar-refractivity contribution < 1.29 is 14.7 Å². The van der Waals surface area contributed by atoms with Crippen LogP contribution in [0.4, 0.5) is 5.82 Å². The summed E-state index contributed by atoms with van der Waals surface area (Å²) in [5.41, 5.74) is 8.71. The number of nitrogens with one attached hydrogen (secondary N) is 2. The Labute approximate surface area is 134 Å². The third-order valence-corrected chi connectivity index (χ3v) is 2.68. The number of rotatable bonds is 5. The van der Waals surface area contributed by atoms with Crippen molar-refractivity contribution in [2.75, 3.05) is 6.54 Å².